The van der Waals surface area contributed by atoms with Gasteiger partial charge in [-0.3, -0.25) is 4.79 Å². The molecule has 0 unspecified atom stereocenters. The van der Waals surface area contributed by atoms with E-state index in [9.17, 15) is 4.79 Å². The van der Waals surface area contributed by atoms with Gasteiger partial charge in [-0.25, -0.2) is 0 Å². The summed E-state index contributed by atoms with van der Waals surface area (Å²) in [5, 5.41) is 3.74. The summed E-state index contributed by atoms with van der Waals surface area (Å²) in [4.78, 5) is 18.7. The van der Waals surface area contributed by atoms with Crippen molar-refractivity contribution < 1.29 is 9.21 Å². The van der Waals surface area contributed by atoms with Crippen LogP contribution in [0.15, 0.2) is 22.6 Å². The van der Waals surface area contributed by atoms with Crippen LogP contribution in [-0.4, -0.2) is 30.0 Å². The van der Waals surface area contributed by atoms with Crippen molar-refractivity contribution in [2.45, 2.75) is 31.7 Å². The minimum atomic E-state index is 0.121. The predicted octanol–water partition coefficient (Wildman–Crippen LogP) is 2.98. The van der Waals surface area contributed by atoms with Crippen LogP contribution in [0.1, 0.15) is 25.7 Å². The molecule has 4 rings (SSSR count). The number of aromatic nitrogens is 1. The number of fused-ring (bicyclic) bond motifs is 1. The van der Waals surface area contributed by atoms with Gasteiger partial charge in [0.15, 0.2) is 5.58 Å². The molecular weight excluding hydrogens is 302 g/mol. The molecule has 22 heavy (non-hydrogen) atoms. The smallest absolute Gasteiger partial charge is 0.298 e. The standard InChI is InChI=1S/C16H18ClN3O2/c17-11-1-4-13-14(9-11)22-16(19-13)20-7-5-10(6-8-20)15(21)18-12-2-3-12/h1,4,9-10,12H,2-3,5-8H2,(H,18,21). The average Bonchev–Trinajstić information content (AvgIpc) is 3.23. The first-order valence-corrected chi connectivity index (χ1v) is 8.18. The number of carbonyl (C=O) groups is 1. The third-order valence-electron chi connectivity index (χ3n) is 4.40. The number of benzene rings is 1. The second-order valence-corrected chi connectivity index (χ2v) is 6.59. The van der Waals surface area contributed by atoms with Crippen LogP contribution in [0.25, 0.3) is 11.1 Å². The van der Waals surface area contributed by atoms with E-state index in [1.807, 2.05) is 12.1 Å². The molecule has 1 aromatic carbocycles. The van der Waals surface area contributed by atoms with Crippen LogP contribution in [0.5, 0.6) is 0 Å². The molecule has 1 aliphatic heterocycles. The van der Waals surface area contributed by atoms with Crippen LogP contribution in [0.2, 0.25) is 5.02 Å². The first kappa shape index (κ1) is 13.9. The summed E-state index contributed by atoms with van der Waals surface area (Å²) in [5.74, 6) is 0.335. The van der Waals surface area contributed by atoms with Crippen LogP contribution in [0.3, 0.4) is 0 Å². The van der Waals surface area contributed by atoms with Crippen LogP contribution in [-0.2, 0) is 4.79 Å². The van der Waals surface area contributed by atoms with Crippen molar-refractivity contribution in [3.63, 3.8) is 0 Å². The number of rotatable bonds is 3. The number of hydrogen-bond acceptors (Lipinski definition) is 4. The number of piperidine rings is 1. The number of anilines is 1. The maximum atomic E-state index is 12.1. The number of halogens is 1. The Labute approximate surface area is 133 Å². The summed E-state index contributed by atoms with van der Waals surface area (Å²) < 4.78 is 5.79. The van der Waals surface area contributed by atoms with Crippen LogP contribution in [0.4, 0.5) is 6.01 Å². The summed E-state index contributed by atoms with van der Waals surface area (Å²) in [6.45, 7) is 1.59. The fourth-order valence-electron chi connectivity index (χ4n) is 2.90. The molecule has 0 spiro atoms. The summed E-state index contributed by atoms with van der Waals surface area (Å²) in [5.41, 5.74) is 1.52. The molecular formula is C16H18ClN3O2. The van der Waals surface area contributed by atoms with Crippen LogP contribution >= 0.6 is 11.6 Å². The average molecular weight is 320 g/mol. The Balaban J connectivity index is 1.42. The Morgan fingerprint density at radius 2 is 2.05 bits per heavy atom. The van der Waals surface area contributed by atoms with Crippen LogP contribution in [0, 0.1) is 5.92 Å². The molecule has 1 N–H and O–H groups in total. The maximum absolute atomic E-state index is 12.1. The molecule has 0 radical (unpaired) electrons. The van der Waals surface area contributed by atoms with E-state index in [4.69, 9.17) is 16.0 Å². The maximum Gasteiger partial charge on any atom is 0.298 e. The molecule has 2 heterocycles. The highest BCUT2D eigenvalue weighted by Gasteiger charge is 2.30. The van der Waals surface area contributed by atoms with Gasteiger partial charge < -0.3 is 14.6 Å². The van der Waals surface area contributed by atoms with E-state index in [-0.39, 0.29) is 11.8 Å². The van der Waals surface area contributed by atoms with E-state index in [1.165, 1.54) is 0 Å². The van der Waals surface area contributed by atoms with Crippen molar-refractivity contribution in [1.82, 2.24) is 10.3 Å². The summed E-state index contributed by atoms with van der Waals surface area (Å²) in [6.07, 6.45) is 3.96. The molecule has 2 aromatic rings. The number of hydrogen-bond donors (Lipinski definition) is 1. The second kappa shape index (κ2) is 5.47. The largest absolute Gasteiger partial charge is 0.423 e. The van der Waals surface area contributed by atoms with Gasteiger partial charge in [0, 0.05) is 36.1 Å². The van der Waals surface area contributed by atoms with Gasteiger partial charge >= 0.3 is 0 Å². The SMILES string of the molecule is O=C(NC1CC1)C1CCN(c2nc3ccc(Cl)cc3o2)CC1. The van der Waals surface area contributed by atoms with Gasteiger partial charge in [-0.05, 0) is 37.8 Å². The van der Waals surface area contributed by atoms with Crippen LogP contribution < -0.4 is 10.2 Å². The number of nitrogens with one attached hydrogen (secondary N) is 1. The predicted molar refractivity (Wildman–Crippen MR) is 85.1 cm³/mol. The van der Waals surface area contributed by atoms with Crippen molar-refractivity contribution in [2.75, 3.05) is 18.0 Å². The Hall–Kier alpha value is -1.75. The first-order chi connectivity index (χ1) is 10.7. The lowest BCUT2D eigenvalue weighted by atomic mass is 9.96. The highest BCUT2D eigenvalue weighted by molar-refractivity contribution is 6.31. The lowest BCUT2D eigenvalue weighted by Crippen LogP contribution is -2.41. The van der Waals surface area contributed by atoms with Gasteiger partial charge in [0.1, 0.15) is 5.52 Å². The third-order valence-corrected chi connectivity index (χ3v) is 4.63. The molecule has 1 aliphatic carbocycles. The fourth-order valence-corrected chi connectivity index (χ4v) is 3.06. The van der Waals surface area contributed by atoms with Gasteiger partial charge in [0.25, 0.3) is 6.01 Å². The number of carbonyl (C=O) groups excluding carboxylic acids is 1. The minimum Gasteiger partial charge on any atom is -0.423 e. The highest BCUT2D eigenvalue weighted by Crippen LogP contribution is 2.28. The van der Waals surface area contributed by atoms with Gasteiger partial charge in [0.05, 0.1) is 0 Å². The molecule has 2 aliphatic rings. The molecule has 1 aromatic heterocycles. The molecule has 2 fully saturated rings. The molecule has 6 heteroatoms. The number of oxazole rings is 1. The van der Waals surface area contributed by atoms with E-state index in [0.717, 1.165) is 44.3 Å². The fraction of sp³-hybridized carbons (Fsp3) is 0.500. The van der Waals surface area contributed by atoms with Crippen molar-refractivity contribution >= 4 is 34.6 Å². The minimum absolute atomic E-state index is 0.121. The molecule has 0 atom stereocenters. The first-order valence-electron chi connectivity index (χ1n) is 7.80. The van der Waals surface area contributed by atoms with E-state index < -0.39 is 0 Å². The van der Waals surface area contributed by atoms with Crippen molar-refractivity contribution in [1.29, 1.82) is 0 Å². The lowest BCUT2D eigenvalue weighted by Gasteiger charge is -2.30. The zero-order chi connectivity index (χ0) is 15.1. The lowest BCUT2D eigenvalue weighted by molar-refractivity contribution is -0.125. The van der Waals surface area contributed by atoms with Crippen molar-refractivity contribution in [3.05, 3.63) is 23.2 Å². The molecule has 1 saturated heterocycles. The summed E-state index contributed by atoms with van der Waals surface area (Å²) in [6, 6.07) is 6.51. The normalized spacial score (nSPS) is 19.6. The monoisotopic (exact) mass is 319 g/mol. The third kappa shape index (κ3) is 2.77. The molecule has 0 bridgehead atoms. The topological polar surface area (TPSA) is 58.4 Å². The molecule has 5 nitrogen and oxygen atoms in total. The van der Waals surface area contributed by atoms with E-state index >= 15 is 0 Å². The zero-order valence-corrected chi connectivity index (χ0v) is 13.0. The Morgan fingerprint density at radius 3 is 2.77 bits per heavy atom. The number of nitrogens with zero attached hydrogens (tertiary/aromatic N) is 2. The van der Waals surface area contributed by atoms with Crippen molar-refractivity contribution in [3.8, 4) is 0 Å². The number of amides is 1. The van der Waals surface area contributed by atoms with Gasteiger partial charge in [0.2, 0.25) is 5.91 Å². The molecule has 1 saturated carbocycles. The Kier molecular flexibility index (Phi) is 3.45. The van der Waals surface area contributed by atoms with Crippen molar-refractivity contribution in [2.24, 2.45) is 5.92 Å². The molecule has 1 amide bonds. The quantitative estimate of drug-likeness (QED) is 0.945. The van der Waals surface area contributed by atoms with Gasteiger partial charge in [-0.15, -0.1) is 0 Å². The second-order valence-electron chi connectivity index (χ2n) is 6.15. The highest BCUT2D eigenvalue weighted by atomic mass is 35.5. The van der Waals surface area contributed by atoms with Gasteiger partial charge in [-0.2, -0.15) is 4.98 Å². The summed E-state index contributed by atoms with van der Waals surface area (Å²) >= 11 is 5.97. The van der Waals surface area contributed by atoms with E-state index in [2.05, 4.69) is 15.2 Å². The Morgan fingerprint density at radius 1 is 1.27 bits per heavy atom. The summed E-state index contributed by atoms with van der Waals surface area (Å²) in [7, 11) is 0. The molecule has 116 valence electrons. The van der Waals surface area contributed by atoms with Gasteiger partial charge in [-0.1, -0.05) is 11.6 Å². The van der Waals surface area contributed by atoms with E-state index in [0.29, 0.717) is 22.7 Å². The van der Waals surface area contributed by atoms with E-state index in [1.54, 1.807) is 6.07 Å². The Bertz CT molecular complexity index is 702. The zero-order valence-electron chi connectivity index (χ0n) is 12.2.